The molecule has 0 fully saturated rings. The summed E-state index contributed by atoms with van der Waals surface area (Å²) in [7, 11) is 1.60. The molecular formula is C8H7N2O. The first kappa shape index (κ1) is 6.22. The van der Waals surface area contributed by atoms with E-state index in [-0.39, 0.29) is 0 Å². The Morgan fingerprint density at radius 1 is 1.55 bits per heavy atom. The Kier molecular flexibility index (Phi) is 1.28. The van der Waals surface area contributed by atoms with Gasteiger partial charge in [-0.05, 0) is 12.1 Å². The van der Waals surface area contributed by atoms with Crippen LogP contribution in [0.2, 0.25) is 0 Å². The van der Waals surface area contributed by atoms with E-state index >= 15 is 0 Å². The Balaban J connectivity index is 2.76. The predicted octanol–water partition coefficient (Wildman–Crippen LogP) is 1.14. The van der Waals surface area contributed by atoms with E-state index in [1.54, 1.807) is 7.11 Å². The average molecular weight is 147 g/mol. The molecule has 0 aliphatic carbocycles. The molecule has 2 aromatic heterocycles. The minimum absolute atomic E-state index is 0.639. The van der Waals surface area contributed by atoms with Crippen LogP contribution in [0.1, 0.15) is 0 Å². The first-order chi connectivity index (χ1) is 5.42. The highest BCUT2D eigenvalue weighted by molar-refractivity contribution is 5.41. The van der Waals surface area contributed by atoms with Gasteiger partial charge in [0.25, 0.3) is 0 Å². The third kappa shape index (κ3) is 0.852. The Bertz CT molecular complexity index is 367. The third-order valence-electron chi connectivity index (χ3n) is 1.52. The maximum absolute atomic E-state index is 5.01. The molecule has 2 rings (SSSR count). The maximum atomic E-state index is 5.01. The minimum Gasteiger partial charge on any atom is -0.480 e. The fourth-order valence-electron chi connectivity index (χ4n) is 1.000. The first-order valence-corrected chi connectivity index (χ1v) is 3.30. The summed E-state index contributed by atoms with van der Waals surface area (Å²) in [5.41, 5.74) is 0.851. The van der Waals surface area contributed by atoms with Gasteiger partial charge in [0.05, 0.1) is 7.11 Å². The molecule has 0 atom stereocenters. The topological polar surface area (TPSA) is 26.5 Å². The van der Waals surface area contributed by atoms with Crippen molar-refractivity contribution in [2.24, 2.45) is 0 Å². The number of pyridine rings is 1. The monoisotopic (exact) mass is 147 g/mol. The Morgan fingerprint density at radius 2 is 2.45 bits per heavy atom. The van der Waals surface area contributed by atoms with E-state index in [0.717, 1.165) is 5.65 Å². The normalized spacial score (nSPS) is 10.3. The molecule has 3 heteroatoms. The Hall–Kier alpha value is -1.51. The van der Waals surface area contributed by atoms with Gasteiger partial charge in [-0.3, -0.25) is 4.40 Å². The van der Waals surface area contributed by atoms with Crippen molar-refractivity contribution in [2.75, 3.05) is 7.11 Å². The standard InChI is InChI=1S/C8H7N2O/c1-11-8-6-9-7-4-2-3-5-10(7)8/h2-5H,1H3. The van der Waals surface area contributed by atoms with Gasteiger partial charge < -0.3 is 4.74 Å². The molecule has 0 aliphatic heterocycles. The zero-order valence-electron chi connectivity index (χ0n) is 6.11. The number of rotatable bonds is 1. The van der Waals surface area contributed by atoms with Gasteiger partial charge in [-0.1, -0.05) is 6.07 Å². The lowest BCUT2D eigenvalue weighted by Crippen LogP contribution is -1.88. The van der Waals surface area contributed by atoms with Gasteiger partial charge in [-0.15, -0.1) is 0 Å². The summed E-state index contributed by atoms with van der Waals surface area (Å²) < 4.78 is 6.85. The van der Waals surface area contributed by atoms with E-state index in [2.05, 4.69) is 11.2 Å². The molecule has 0 saturated carbocycles. The van der Waals surface area contributed by atoms with Crippen molar-refractivity contribution in [1.29, 1.82) is 0 Å². The quantitative estimate of drug-likeness (QED) is 0.604. The second kappa shape index (κ2) is 2.27. The number of ether oxygens (including phenoxy) is 1. The van der Waals surface area contributed by atoms with Crippen molar-refractivity contribution < 1.29 is 4.74 Å². The largest absolute Gasteiger partial charge is 0.480 e. The van der Waals surface area contributed by atoms with Crippen molar-refractivity contribution in [2.45, 2.75) is 0 Å². The van der Waals surface area contributed by atoms with Crippen LogP contribution in [0.5, 0.6) is 5.88 Å². The van der Waals surface area contributed by atoms with Crippen molar-refractivity contribution in [3.8, 4) is 5.88 Å². The lowest BCUT2D eigenvalue weighted by molar-refractivity contribution is 0.393. The van der Waals surface area contributed by atoms with Gasteiger partial charge in [0.15, 0.2) is 6.20 Å². The molecule has 2 heterocycles. The molecule has 0 saturated heterocycles. The molecule has 0 aliphatic rings. The SMILES string of the molecule is COc1[c]nc2ccccn12. The summed E-state index contributed by atoms with van der Waals surface area (Å²) in [6.45, 7) is 0. The van der Waals surface area contributed by atoms with Crippen molar-refractivity contribution in [3.05, 3.63) is 30.6 Å². The van der Waals surface area contributed by atoms with Crippen LogP contribution < -0.4 is 4.74 Å². The predicted molar refractivity (Wildman–Crippen MR) is 40.6 cm³/mol. The van der Waals surface area contributed by atoms with Crippen molar-refractivity contribution >= 4 is 5.65 Å². The second-order valence-corrected chi connectivity index (χ2v) is 2.16. The molecule has 0 amide bonds. The molecular weight excluding hydrogens is 140 g/mol. The van der Waals surface area contributed by atoms with Crippen LogP contribution >= 0.6 is 0 Å². The lowest BCUT2D eigenvalue weighted by atomic mass is 10.5. The van der Waals surface area contributed by atoms with Gasteiger partial charge in [0.1, 0.15) is 5.65 Å². The third-order valence-corrected chi connectivity index (χ3v) is 1.52. The van der Waals surface area contributed by atoms with Gasteiger partial charge in [-0.2, -0.15) is 0 Å². The van der Waals surface area contributed by atoms with E-state index in [4.69, 9.17) is 4.74 Å². The fraction of sp³-hybridized carbons (Fsp3) is 0.125. The molecule has 2 aromatic rings. The maximum Gasteiger partial charge on any atom is 0.228 e. The van der Waals surface area contributed by atoms with E-state index in [0.29, 0.717) is 5.88 Å². The zero-order valence-corrected chi connectivity index (χ0v) is 6.11. The highest BCUT2D eigenvalue weighted by Crippen LogP contribution is 2.11. The number of imidazole rings is 1. The highest BCUT2D eigenvalue weighted by atomic mass is 16.5. The van der Waals surface area contributed by atoms with Crippen molar-refractivity contribution in [1.82, 2.24) is 9.38 Å². The van der Waals surface area contributed by atoms with E-state index in [9.17, 15) is 0 Å². The molecule has 0 bridgehead atoms. The van der Waals surface area contributed by atoms with Crippen LogP contribution in [0.4, 0.5) is 0 Å². The summed E-state index contributed by atoms with van der Waals surface area (Å²) in [6, 6.07) is 5.75. The fourth-order valence-corrected chi connectivity index (χ4v) is 1.000. The van der Waals surface area contributed by atoms with Crippen LogP contribution in [0.3, 0.4) is 0 Å². The molecule has 1 radical (unpaired) electrons. The molecule has 55 valence electrons. The van der Waals surface area contributed by atoms with E-state index in [1.165, 1.54) is 0 Å². The lowest BCUT2D eigenvalue weighted by Gasteiger charge is -1.96. The number of hydrogen-bond acceptors (Lipinski definition) is 2. The summed E-state index contributed by atoms with van der Waals surface area (Å²) in [5, 5.41) is 0. The molecule has 0 N–H and O–H groups in total. The van der Waals surface area contributed by atoms with E-state index < -0.39 is 0 Å². The van der Waals surface area contributed by atoms with Crippen LogP contribution in [0.15, 0.2) is 24.4 Å². The molecule has 0 aromatic carbocycles. The highest BCUT2D eigenvalue weighted by Gasteiger charge is 1.99. The van der Waals surface area contributed by atoms with Crippen molar-refractivity contribution in [3.63, 3.8) is 0 Å². The number of fused-ring (bicyclic) bond motifs is 1. The van der Waals surface area contributed by atoms with Gasteiger partial charge >= 0.3 is 0 Å². The van der Waals surface area contributed by atoms with Gasteiger partial charge in [0.2, 0.25) is 5.88 Å². The van der Waals surface area contributed by atoms with Gasteiger partial charge in [0, 0.05) is 6.20 Å². The Morgan fingerprint density at radius 3 is 3.27 bits per heavy atom. The second-order valence-electron chi connectivity index (χ2n) is 2.16. The summed E-state index contributed by atoms with van der Waals surface area (Å²) >= 11 is 0. The summed E-state index contributed by atoms with van der Waals surface area (Å²) in [6.07, 6.45) is 4.64. The summed E-state index contributed by atoms with van der Waals surface area (Å²) in [4.78, 5) is 4.00. The average Bonchev–Trinajstić information content (AvgIpc) is 2.47. The smallest absolute Gasteiger partial charge is 0.228 e. The van der Waals surface area contributed by atoms with Crippen LogP contribution in [-0.4, -0.2) is 16.5 Å². The number of methoxy groups -OCH3 is 1. The Labute approximate surface area is 64.2 Å². The molecule has 11 heavy (non-hydrogen) atoms. The summed E-state index contributed by atoms with van der Waals surface area (Å²) in [5.74, 6) is 0.639. The van der Waals surface area contributed by atoms with E-state index in [1.807, 2.05) is 28.8 Å². The minimum atomic E-state index is 0.639. The molecule has 0 unspecified atom stereocenters. The number of nitrogens with zero attached hydrogens (tertiary/aromatic N) is 2. The van der Waals surface area contributed by atoms with Crippen LogP contribution in [0.25, 0.3) is 5.65 Å². The van der Waals surface area contributed by atoms with Crippen LogP contribution in [-0.2, 0) is 0 Å². The number of hydrogen-bond donors (Lipinski definition) is 0. The zero-order chi connectivity index (χ0) is 7.68. The van der Waals surface area contributed by atoms with Gasteiger partial charge in [-0.25, -0.2) is 4.98 Å². The van der Waals surface area contributed by atoms with Crippen LogP contribution in [0, 0.1) is 6.20 Å². The number of aromatic nitrogens is 2. The first-order valence-electron chi connectivity index (χ1n) is 3.30. The molecule has 0 spiro atoms. The molecule has 3 nitrogen and oxygen atoms in total.